The maximum atomic E-state index is 4.91. The summed E-state index contributed by atoms with van der Waals surface area (Å²) in [7, 11) is 0. The van der Waals surface area contributed by atoms with Crippen molar-refractivity contribution >= 4 is 26.8 Å². The van der Waals surface area contributed by atoms with Crippen molar-refractivity contribution in [2.24, 2.45) is 0 Å². The van der Waals surface area contributed by atoms with Gasteiger partial charge in [-0.1, -0.05) is 15.9 Å². The predicted octanol–water partition coefficient (Wildman–Crippen LogP) is 4.63. The number of hydrogen-bond acceptors (Lipinski definition) is 1. The first-order valence-electron chi connectivity index (χ1n) is 6.68. The number of hydrogen-bond donors (Lipinski definition) is 0. The number of halogens is 1. The maximum Gasteiger partial charge on any atom is 0.0711 e. The average Bonchev–Trinajstić information content (AvgIpc) is 2.38. The van der Waals surface area contributed by atoms with Gasteiger partial charge in [0.25, 0.3) is 0 Å². The molecule has 2 aromatic rings. The Bertz CT molecular complexity index is 616. The monoisotopic (exact) mass is 303 g/mol. The summed E-state index contributed by atoms with van der Waals surface area (Å²) in [5, 5.41) is 2.28. The summed E-state index contributed by atoms with van der Waals surface area (Å²) in [6.07, 6.45) is 4.95. The minimum absolute atomic E-state index is 0.941. The molecule has 0 spiro atoms. The average molecular weight is 304 g/mol. The molecule has 0 saturated heterocycles. The Labute approximate surface area is 117 Å². The molecule has 0 N–H and O–H groups in total. The Hall–Kier alpha value is -0.890. The van der Waals surface area contributed by atoms with Crippen molar-refractivity contribution in [1.29, 1.82) is 0 Å². The van der Waals surface area contributed by atoms with Gasteiger partial charge in [-0.3, -0.25) is 4.98 Å². The van der Waals surface area contributed by atoms with Crippen molar-refractivity contribution in [3.63, 3.8) is 0 Å². The third-order valence-electron chi connectivity index (χ3n) is 4.13. The van der Waals surface area contributed by atoms with Crippen LogP contribution in [0.4, 0.5) is 0 Å². The fourth-order valence-corrected chi connectivity index (χ4v) is 3.57. The van der Waals surface area contributed by atoms with Crippen LogP contribution in [-0.2, 0) is 18.2 Å². The van der Waals surface area contributed by atoms with Crippen LogP contribution in [-0.4, -0.2) is 4.98 Å². The topological polar surface area (TPSA) is 12.9 Å². The van der Waals surface area contributed by atoms with Gasteiger partial charge in [-0.2, -0.15) is 0 Å². The summed E-state index contributed by atoms with van der Waals surface area (Å²) in [6.45, 7) is 4.36. The number of alkyl halides is 1. The largest absolute Gasteiger partial charge is 0.253 e. The van der Waals surface area contributed by atoms with E-state index in [0.29, 0.717) is 0 Å². The summed E-state index contributed by atoms with van der Waals surface area (Å²) in [4.78, 5) is 4.91. The summed E-state index contributed by atoms with van der Waals surface area (Å²) < 4.78 is 0. The second-order valence-corrected chi connectivity index (χ2v) is 5.87. The highest BCUT2D eigenvalue weighted by Crippen LogP contribution is 2.31. The number of aromatic nitrogens is 1. The van der Waals surface area contributed by atoms with E-state index in [1.54, 1.807) is 0 Å². The van der Waals surface area contributed by atoms with Crippen molar-refractivity contribution in [3.8, 4) is 0 Å². The number of fused-ring (bicyclic) bond motifs is 2. The van der Waals surface area contributed by atoms with Crippen molar-refractivity contribution in [2.45, 2.75) is 44.9 Å². The molecule has 0 radical (unpaired) electrons. The normalized spacial score (nSPS) is 14.8. The van der Waals surface area contributed by atoms with Crippen LogP contribution in [0.15, 0.2) is 12.1 Å². The Kier molecular flexibility index (Phi) is 3.14. The van der Waals surface area contributed by atoms with Gasteiger partial charge >= 0.3 is 0 Å². The first kappa shape index (κ1) is 12.2. The lowest BCUT2D eigenvalue weighted by molar-refractivity contribution is 0.667. The Morgan fingerprint density at radius 1 is 1.11 bits per heavy atom. The molecular weight excluding hydrogens is 286 g/mol. The molecule has 94 valence electrons. The van der Waals surface area contributed by atoms with Crippen LogP contribution in [0.1, 0.15) is 40.8 Å². The van der Waals surface area contributed by atoms with Gasteiger partial charge in [-0.15, -0.1) is 0 Å². The lowest BCUT2D eigenvalue weighted by Gasteiger charge is -2.20. The lowest BCUT2D eigenvalue weighted by Crippen LogP contribution is -2.09. The molecule has 2 heteroatoms. The smallest absolute Gasteiger partial charge is 0.0711 e. The second kappa shape index (κ2) is 4.65. The third-order valence-corrected chi connectivity index (χ3v) is 4.69. The third kappa shape index (κ3) is 1.87. The molecule has 0 aliphatic heterocycles. The maximum absolute atomic E-state index is 4.91. The Balaban J connectivity index is 2.36. The van der Waals surface area contributed by atoms with Crippen LogP contribution >= 0.6 is 15.9 Å². The first-order valence-corrected chi connectivity index (χ1v) is 7.80. The zero-order valence-corrected chi connectivity index (χ0v) is 12.6. The van der Waals surface area contributed by atoms with E-state index in [0.717, 1.165) is 11.8 Å². The molecule has 1 aromatic carbocycles. The minimum Gasteiger partial charge on any atom is -0.253 e. The molecule has 1 aromatic heterocycles. The number of nitrogens with zero attached hydrogens (tertiary/aromatic N) is 1. The first-order chi connectivity index (χ1) is 8.70. The Morgan fingerprint density at radius 2 is 1.83 bits per heavy atom. The van der Waals surface area contributed by atoms with Gasteiger partial charge in [0.05, 0.1) is 5.52 Å². The van der Waals surface area contributed by atoms with Crippen LogP contribution < -0.4 is 0 Å². The van der Waals surface area contributed by atoms with E-state index < -0.39 is 0 Å². The zero-order chi connectivity index (χ0) is 12.7. The molecule has 0 fully saturated rings. The fourth-order valence-electron chi connectivity index (χ4n) is 2.93. The predicted molar refractivity (Wildman–Crippen MR) is 80.5 cm³/mol. The van der Waals surface area contributed by atoms with Crippen molar-refractivity contribution in [2.75, 3.05) is 0 Å². The molecule has 18 heavy (non-hydrogen) atoms. The molecule has 0 saturated carbocycles. The number of pyridine rings is 1. The van der Waals surface area contributed by atoms with Crippen molar-refractivity contribution in [1.82, 2.24) is 4.98 Å². The second-order valence-electron chi connectivity index (χ2n) is 5.31. The molecular formula is C16H18BrN. The summed E-state index contributed by atoms with van der Waals surface area (Å²) in [6, 6.07) is 4.55. The van der Waals surface area contributed by atoms with Crippen LogP contribution in [0.5, 0.6) is 0 Å². The van der Waals surface area contributed by atoms with Crippen LogP contribution in [0.3, 0.4) is 0 Å². The summed E-state index contributed by atoms with van der Waals surface area (Å²) in [5.41, 5.74) is 8.19. The van der Waals surface area contributed by atoms with Gasteiger partial charge in [0.2, 0.25) is 0 Å². The van der Waals surface area contributed by atoms with Crippen molar-refractivity contribution in [3.05, 3.63) is 40.1 Å². The van der Waals surface area contributed by atoms with Crippen LogP contribution in [0, 0.1) is 13.8 Å². The molecule has 0 unspecified atom stereocenters. The lowest BCUT2D eigenvalue weighted by atomic mass is 9.90. The van der Waals surface area contributed by atoms with E-state index in [1.807, 2.05) is 0 Å². The summed E-state index contributed by atoms with van der Waals surface area (Å²) in [5.74, 6) is 0. The van der Waals surface area contributed by atoms with E-state index >= 15 is 0 Å². The van der Waals surface area contributed by atoms with E-state index in [-0.39, 0.29) is 0 Å². The highest BCUT2D eigenvalue weighted by Gasteiger charge is 2.17. The molecule has 0 bridgehead atoms. The molecule has 3 rings (SSSR count). The van der Waals surface area contributed by atoms with Gasteiger partial charge in [0, 0.05) is 16.4 Å². The van der Waals surface area contributed by atoms with Gasteiger partial charge in [-0.05, 0) is 73.9 Å². The summed E-state index contributed by atoms with van der Waals surface area (Å²) >= 11 is 3.67. The molecule has 1 nitrogen and oxygen atoms in total. The number of rotatable bonds is 1. The fraction of sp³-hybridized carbons (Fsp3) is 0.438. The molecule has 0 atom stereocenters. The standard InChI is InChI=1S/C16H18BrN/c1-10-7-13-14(9-17)12-5-3-4-6-15(12)18-16(13)8-11(10)2/h7-8H,3-6,9H2,1-2H3. The quantitative estimate of drug-likeness (QED) is 0.700. The van der Waals surface area contributed by atoms with E-state index in [2.05, 4.69) is 41.9 Å². The van der Waals surface area contributed by atoms with E-state index in [9.17, 15) is 0 Å². The van der Waals surface area contributed by atoms with E-state index in [1.165, 1.54) is 58.1 Å². The highest BCUT2D eigenvalue weighted by atomic mass is 79.9. The number of benzene rings is 1. The molecule has 1 aliphatic rings. The van der Waals surface area contributed by atoms with Crippen molar-refractivity contribution < 1.29 is 0 Å². The molecule has 0 amide bonds. The SMILES string of the molecule is Cc1cc2nc3c(c(CBr)c2cc1C)CCCC3. The zero-order valence-electron chi connectivity index (χ0n) is 11.0. The van der Waals surface area contributed by atoms with E-state index in [4.69, 9.17) is 4.98 Å². The molecule has 1 aliphatic carbocycles. The van der Waals surface area contributed by atoms with Gasteiger partial charge in [-0.25, -0.2) is 0 Å². The van der Waals surface area contributed by atoms with Gasteiger partial charge in [0.1, 0.15) is 0 Å². The minimum atomic E-state index is 0.941. The number of aryl methyl sites for hydroxylation is 3. The Morgan fingerprint density at radius 3 is 2.61 bits per heavy atom. The van der Waals surface area contributed by atoms with Crippen LogP contribution in [0.25, 0.3) is 10.9 Å². The van der Waals surface area contributed by atoms with Crippen LogP contribution in [0.2, 0.25) is 0 Å². The van der Waals surface area contributed by atoms with Gasteiger partial charge in [0.15, 0.2) is 0 Å². The highest BCUT2D eigenvalue weighted by molar-refractivity contribution is 9.08. The molecule has 1 heterocycles. The van der Waals surface area contributed by atoms with Gasteiger partial charge < -0.3 is 0 Å².